The summed E-state index contributed by atoms with van der Waals surface area (Å²) in [4.78, 5) is 24.3. The number of hydrogen-bond acceptors (Lipinski definition) is 4. The normalized spacial score (nSPS) is 46.4. The number of ether oxygens (including phenoxy) is 1. The number of aliphatic hydroxyl groups is 1. The number of alkyl halides is 3. The van der Waals surface area contributed by atoms with Gasteiger partial charge >= 0.3 is 5.97 Å². The van der Waals surface area contributed by atoms with Crippen LogP contribution in [0.15, 0.2) is 23.3 Å². The summed E-state index contributed by atoms with van der Waals surface area (Å²) in [6.45, 7) is 4.25. The molecule has 0 radical (unpaired) electrons. The summed E-state index contributed by atoms with van der Waals surface area (Å²) >= 11 is 0. The van der Waals surface area contributed by atoms with E-state index in [-0.39, 0.29) is 48.9 Å². The van der Waals surface area contributed by atoms with E-state index in [1.807, 2.05) is 13.8 Å². The fourth-order valence-electron chi connectivity index (χ4n) is 7.22. The molecule has 4 nitrogen and oxygen atoms in total. The van der Waals surface area contributed by atoms with Crippen LogP contribution in [0.25, 0.3) is 0 Å². The van der Waals surface area contributed by atoms with Crippen LogP contribution in [0, 0.1) is 28.6 Å². The van der Waals surface area contributed by atoms with Gasteiger partial charge in [-0.1, -0.05) is 19.9 Å². The Labute approximate surface area is 180 Å². The van der Waals surface area contributed by atoms with Crippen LogP contribution < -0.4 is 0 Å². The van der Waals surface area contributed by atoms with Crippen molar-refractivity contribution < 1.29 is 32.6 Å². The zero-order chi connectivity index (χ0) is 22.8. The fraction of sp³-hybridized carbons (Fsp3) is 0.750. The first kappa shape index (κ1) is 22.6. The lowest BCUT2D eigenvalue weighted by Gasteiger charge is -2.60. The molecule has 3 saturated carbocycles. The van der Waals surface area contributed by atoms with Gasteiger partial charge in [-0.15, -0.1) is 0 Å². The van der Waals surface area contributed by atoms with E-state index in [0.717, 1.165) is 6.08 Å². The van der Waals surface area contributed by atoms with Gasteiger partial charge in [0.2, 0.25) is 0 Å². The maximum atomic E-state index is 17.0. The van der Waals surface area contributed by atoms with E-state index in [0.29, 0.717) is 12.8 Å². The lowest BCUT2D eigenvalue weighted by Crippen LogP contribution is -2.62. The number of esters is 1. The van der Waals surface area contributed by atoms with Crippen molar-refractivity contribution in [1.82, 2.24) is 0 Å². The van der Waals surface area contributed by atoms with Gasteiger partial charge in [0, 0.05) is 22.3 Å². The van der Waals surface area contributed by atoms with Crippen LogP contribution in [0.2, 0.25) is 0 Å². The average Bonchev–Trinajstić information content (AvgIpc) is 2.96. The van der Waals surface area contributed by atoms with E-state index in [9.17, 15) is 14.0 Å². The monoisotopic (exact) mass is 440 g/mol. The lowest BCUT2D eigenvalue weighted by atomic mass is 9.46. The Morgan fingerprint density at radius 2 is 1.97 bits per heavy atom. The second-order valence-electron chi connectivity index (χ2n) is 10.4. The summed E-state index contributed by atoms with van der Waals surface area (Å²) < 4.78 is 51.5. The van der Waals surface area contributed by atoms with E-state index in [1.54, 1.807) is 6.92 Å². The zero-order valence-electron chi connectivity index (χ0n) is 18.3. The molecular formula is C24H31F3O4. The Morgan fingerprint density at radius 3 is 2.61 bits per heavy atom. The molecule has 0 amide bonds. The number of ketones is 1. The third-order valence-corrected chi connectivity index (χ3v) is 8.79. The standard InChI is InChI=1S/C24H31F3O4/c1-13-8-15-16-9-18(26)17-10-19(29)14(12-25)11-23(17,3)24(16,27)6-5-22(15,2)21(13)31-20(30)4-7-28/h10-11,13,15-16,18,21,28H,4-9,12H2,1-3H3/t13-,15+,16+,18+,21-,22+,23+,24-/m1/s1. The first-order valence-electron chi connectivity index (χ1n) is 11.2. The summed E-state index contributed by atoms with van der Waals surface area (Å²) in [6.07, 6.45) is 1.59. The molecule has 0 aromatic heterocycles. The van der Waals surface area contributed by atoms with Crippen molar-refractivity contribution in [1.29, 1.82) is 0 Å². The molecule has 31 heavy (non-hydrogen) atoms. The number of carbonyl (C=O) groups excluding carboxylic acids is 2. The first-order valence-corrected chi connectivity index (χ1v) is 11.2. The highest BCUT2D eigenvalue weighted by atomic mass is 19.1. The highest BCUT2D eigenvalue weighted by Gasteiger charge is 2.70. The van der Waals surface area contributed by atoms with Crippen LogP contribution in [-0.4, -0.2) is 48.1 Å². The van der Waals surface area contributed by atoms with Crippen LogP contribution in [0.4, 0.5) is 13.2 Å². The molecule has 172 valence electrons. The molecule has 0 aromatic carbocycles. The van der Waals surface area contributed by atoms with Gasteiger partial charge in [0.1, 0.15) is 24.6 Å². The maximum Gasteiger partial charge on any atom is 0.308 e. The fourth-order valence-corrected chi connectivity index (χ4v) is 7.22. The predicted molar refractivity (Wildman–Crippen MR) is 108 cm³/mol. The Morgan fingerprint density at radius 1 is 1.26 bits per heavy atom. The van der Waals surface area contributed by atoms with Gasteiger partial charge in [0.25, 0.3) is 0 Å². The molecule has 1 N–H and O–H groups in total. The lowest BCUT2D eigenvalue weighted by molar-refractivity contribution is -0.173. The molecule has 0 unspecified atom stereocenters. The Kier molecular flexibility index (Phi) is 5.43. The van der Waals surface area contributed by atoms with Crippen molar-refractivity contribution in [3.05, 3.63) is 23.3 Å². The molecule has 4 rings (SSSR count). The van der Waals surface area contributed by atoms with Crippen molar-refractivity contribution in [2.45, 2.75) is 70.8 Å². The van der Waals surface area contributed by atoms with E-state index in [4.69, 9.17) is 9.84 Å². The second-order valence-corrected chi connectivity index (χ2v) is 10.4. The van der Waals surface area contributed by atoms with E-state index in [1.165, 1.54) is 6.08 Å². The van der Waals surface area contributed by atoms with Crippen LogP contribution in [-0.2, 0) is 14.3 Å². The molecule has 0 spiro atoms. The van der Waals surface area contributed by atoms with Gasteiger partial charge in [0.15, 0.2) is 5.78 Å². The molecule has 0 heterocycles. The number of aliphatic hydroxyl groups excluding tert-OH is 1. The number of allylic oxidation sites excluding steroid dienone is 4. The van der Waals surface area contributed by atoms with Crippen molar-refractivity contribution in [3.8, 4) is 0 Å². The molecule has 0 aromatic rings. The largest absolute Gasteiger partial charge is 0.461 e. The summed E-state index contributed by atoms with van der Waals surface area (Å²) in [5, 5.41) is 9.04. The summed E-state index contributed by atoms with van der Waals surface area (Å²) in [5.41, 5.74) is -3.68. The minimum absolute atomic E-state index is 0.0207. The summed E-state index contributed by atoms with van der Waals surface area (Å²) in [5.74, 6) is -1.91. The van der Waals surface area contributed by atoms with Crippen molar-refractivity contribution in [2.24, 2.45) is 28.6 Å². The third kappa shape index (κ3) is 3.05. The highest BCUT2D eigenvalue weighted by Crippen LogP contribution is 2.69. The topological polar surface area (TPSA) is 63.6 Å². The molecular weight excluding hydrogens is 409 g/mol. The number of carbonyl (C=O) groups is 2. The molecule has 0 aliphatic heterocycles. The van der Waals surface area contributed by atoms with Crippen LogP contribution in [0.5, 0.6) is 0 Å². The van der Waals surface area contributed by atoms with Crippen LogP contribution >= 0.6 is 0 Å². The van der Waals surface area contributed by atoms with E-state index in [2.05, 4.69) is 0 Å². The smallest absolute Gasteiger partial charge is 0.308 e. The van der Waals surface area contributed by atoms with Crippen LogP contribution in [0.1, 0.15) is 52.9 Å². The quantitative estimate of drug-likeness (QED) is 0.665. The summed E-state index contributed by atoms with van der Waals surface area (Å²) in [7, 11) is 0. The van der Waals surface area contributed by atoms with Gasteiger partial charge < -0.3 is 9.84 Å². The average molecular weight is 441 g/mol. The number of hydrogen-bond donors (Lipinski definition) is 1. The third-order valence-electron chi connectivity index (χ3n) is 8.79. The molecule has 3 fully saturated rings. The molecule has 0 saturated heterocycles. The predicted octanol–water partition coefficient (Wildman–Crippen LogP) is 4.21. The minimum atomic E-state index is -1.81. The maximum absolute atomic E-state index is 17.0. The molecule has 4 aliphatic carbocycles. The van der Waals surface area contributed by atoms with Crippen molar-refractivity contribution in [2.75, 3.05) is 13.3 Å². The van der Waals surface area contributed by atoms with Gasteiger partial charge in [-0.2, -0.15) is 0 Å². The Balaban J connectivity index is 1.72. The summed E-state index contributed by atoms with van der Waals surface area (Å²) in [6, 6.07) is 0. The van der Waals surface area contributed by atoms with Gasteiger partial charge in [-0.25, -0.2) is 13.2 Å². The molecule has 8 atom stereocenters. The van der Waals surface area contributed by atoms with E-state index >= 15 is 8.78 Å². The van der Waals surface area contributed by atoms with E-state index < -0.39 is 53.1 Å². The van der Waals surface area contributed by atoms with Crippen molar-refractivity contribution >= 4 is 11.8 Å². The Hall–Kier alpha value is -1.63. The highest BCUT2D eigenvalue weighted by molar-refractivity contribution is 6.06. The molecule has 4 aliphatic rings. The second kappa shape index (κ2) is 7.46. The van der Waals surface area contributed by atoms with Gasteiger partial charge in [-0.05, 0) is 56.1 Å². The minimum Gasteiger partial charge on any atom is -0.461 e. The zero-order valence-corrected chi connectivity index (χ0v) is 18.3. The van der Waals surface area contributed by atoms with Crippen LogP contribution in [0.3, 0.4) is 0 Å². The molecule has 0 bridgehead atoms. The Bertz CT molecular complexity index is 854. The number of rotatable bonds is 4. The number of halogens is 3. The van der Waals surface area contributed by atoms with Gasteiger partial charge in [0.05, 0.1) is 13.0 Å². The number of fused-ring (bicyclic) bond motifs is 5. The SMILES string of the molecule is C[C@@H]1C[C@H]2[C@@H]3C[C@H](F)C4=CC(=O)C(CF)=C[C@]4(C)[C@@]3(F)CC[C@]2(C)[C@@H]1OC(=O)CCO. The van der Waals surface area contributed by atoms with Crippen molar-refractivity contribution in [3.63, 3.8) is 0 Å². The molecule has 7 heteroatoms. The first-order chi connectivity index (χ1) is 14.5. The van der Waals surface area contributed by atoms with Gasteiger partial charge in [-0.3, -0.25) is 9.59 Å².